The highest BCUT2D eigenvalue weighted by molar-refractivity contribution is 5.94. The van der Waals surface area contributed by atoms with Gasteiger partial charge in [0.05, 0.1) is 6.10 Å². The second-order valence-corrected chi connectivity index (χ2v) is 6.79. The standard InChI is InChI=1S/C17H32N6O7/c1-9(24)14(20)17(30)23-10(4-2-3-7-18)16(29)22-11(5-6-12(19)25)15(28)21-8-13(26)27/h9-11,14,24H,2-8,18,20H2,1H3,(H2,19,25)(H,21,28)(H,22,29)(H,23,30)(H,26,27). The minimum absolute atomic E-state index is 0.164. The first-order valence-electron chi connectivity index (χ1n) is 9.51. The Balaban J connectivity index is 5.29. The van der Waals surface area contributed by atoms with Crippen LogP contribution in [0.3, 0.4) is 0 Å². The van der Waals surface area contributed by atoms with Crippen molar-refractivity contribution in [1.82, 2.24) is 16.0 Å². The number of unbranched alkanes of at least 4 members (excludes halogenated alkanes) is 1. The highest BCUT2D eigenvalue weighted by Crippen LogP contribution is 2.05. The summed E-state index contributed by atoms with van der Waals surface area (Å²) in [5, 5.41) is 25.1. The minimum Gasteiger partial charge on any atom is -0.480 e. The average Bonchev–Trinajstić information content (AvgIpc) is 2.67. The molecule has 0 bridgehead atoms. The van der Waals surface area contributed by atoms with Gasteiger partial charge in [-0.05, 0) is 39.2 Å². The first-order valence-corrected chi connectivity index (χ1v) is 9.51. The van der Waals surface area contributed by atoms with Gasteiger partial charge in [-0.2, -0.15) is 0 Å². The number of primary amides is 1. The molecule has 0 saturated carbocycles. The maximum atomic E-state index is 12.7. The molecule has 0 aliphatic rings. The second-order valence-electron chi connectivity index (χ2n) is 6.79. The van der Waals surface area contributed by atoms with E-state index in [4.69, 9.17) is 22.3 Å². The molecule has 0 aromatic rings. The van der Waals surface area contributed by atoms with Crippen molar-refractivity contribution in [2.45, 2.75) is 63.3 Å². The smallest absolute Gasteiger partial charge is 0.322 e. The van der Waals surface area contributed by atoms with Crippen molar-refractivity contribution >= 4 is 29.6 Å². The Labute approximate surface area is 174 Å². The number of aliphatic carboxylic acids is 1. The van der Waals surface area contributed by atoms with Gasteiger partial charge in [-0.15, -0.1) is 0 Å². The number of hydrogen-bond acceptors (Lipinski definition) is 8. The van der Waals surface area contributed by atoms with Crippen LogP contribution in [0.2, 0.25) is 0 Å². The van der Waals surface area contributed by atoms with E-state index in [0.29, 0.717) is 19.4 Å². The molecule has 0 aromatic heterocycles. The molecular weight excluding hydrogens is 400 g/mol. The van der Waals surface area contributed by atoms with Gasteiger partial charge >= 0.3 is 5.97 Å². The van der Waals surface area contributed by atoms with Gasteiger partial charge in [-0.3, -0.25) is 24.0 Å². The molecule has 0 aliphatic carbocycles. The number of carbonyl (C=O) groups excluding carboxylic acids is 4. The monoisotopic (exact) mass is 432 g/mol. The zero-order valence-electron chi connectivity index (χ0n) is 16.9. The molecule has 13 nitrogen and oxygen atoms in total. The summed E-state index contributed by atoms with van der Waals surface area (Å²) in [6, 6.07) is -3.60. The van der Waals surface area contributed by atoms with Crippen LogP contribution in [0.25, 0.3) is 0 Å². The number of amides is 4. The molecule has 0 fully saturated rings. The van der Waals surface area contributed by atoms with E-state index < -0.39 is 60.4 Å². The normalized spacial score (nSPS) is 14.7. The number of carboxylic acids is 1. The molecule has 4 atom stereocenters. The van der Waals surface area contributed by atoms with Crippen molar-refractivity contribution in [3.8, 4) is 0 Å². The lowest BCUT2D eigenvalue weighted by atomic mass is 10.0. The Morgan fingerprint density at radius 1 is 0.933 bits per heavy atom. The van der Waals surface area contributed by atoms with Crippen LogP contribution in [0, 0.1) is 0 Å². The number of rotatable bonds is 15. The van der Waals surface area contributed by atoms with E-state index >= 15 is 0 Å². The molecule has 0 aromatic carbocycles. The number of nitrogens with two attached hydrogens (primary N) is 3. The molecule has 30 heavy (non-hydrogen) atoms. The Morgan fingerprint density at radius 2 is 1.50 bits per heavy atom. The van der Waals surface area contributed by atoms with Crippen LogP contribution in [0.15, 0.2) is 0 Å². The quantitative estimate of drug-likeness (QED) is 0.118. The van der Waals surface area contributed by atoms with Gasteiger partial charge < -0.3 is 43.4 Å². The number of aliphatic hydroxyl groups excluding tert-OH is 1. The molecule has 4 amide bonds. The maximum Gasteiger partial charge on any atom is 0.322 e. The largest absolute Gasteiger partial charge is 0.480 e. The zero-order chi connectivity index (χ0) is 23.3. The number of nitrogens with one attached hydrogen (secondary N) is 3. The van der Waals surface area contributed by atoms with E-state index in [1.807, 2.05) is 0 Å². The summed E-state index contributed by atoms with van der Waals surface area (Å²) in [5.41, 5.74) is 16.1. The zero-order valence-corrected chi connectivity index (χ0v) is 16.9. The Kier molecular flexibility index (Phi) is 12.9. The van der Waals surface area contributed by atoms with Gasteiger partial charge in [0, 0.05) is 6.42 Å². The average molecular weight is 432 g/mol. The van der Waals surface area contributed by atoms with Crippen LogP contribution in [0.5, 0.6) is 0 Å². The fourth-order valence-electron chi connectivity index (χ4n) is 2.36. The Bertz CT molecular complexity index is 613. The molecule has 172 valence electrons. The van der Waals surface area contributed by atoms with Gasteiger partial charge in [-0.1, -0.05) is 0 Å². The molecule has 0 spiro atoms. The third-order valence-corrected chi connectivity index (χ3v) is 4.13. The van der Waals surface area contributed by atoms with E-state index in [1.165, 1.54) is 6.92 Å². The molecule has 4 unspecified atom stereocenters. The molecule has 11 N–H and O–H groups in total. The minimum atomic E-state index is -1.29. The predicted octanol–water partition coefficient (Wildman–Crippen LogP) is -3.74. The Morgan fingerprint density at radius 3 is 2.00 bits per heavy atom. The van der Waals surface area contributed by atoms with E-state index in [-0.39, 0.29) is 19.3 Å². The number of hydrogen-bond donors (Lipinski definition) is 8. The predicted molar refractivity (Wildman–Crippen MR) is 105 cm³/mol. The first-order chi connectivity index (χ1) is 14.0. The topological polar surface area (TPSA) is 240 Å². The number of carbonyl (C=O) groups is 5. The van der Waals surface area contributed by atoms with Crippen LogP contribution in [-0.4, -0.2) is 77.1 Å². The maximum absolute atomic E-state index is 12.7. The summed E-state index contributed by atoms with van der Waals surface area (Å²) in [7, 11) is 0. The third-order valence-electron chi connectivity index (χ3n) is 4.13. The summed E-state index contributed by atoms with van der Waals surface area (Å²) in [6.07, 6.45) is -0.308. The molecule has 0 aliphatic heterocycles. The lowest BCUT2D eigenvalue weighted by Gasteiger charge is -2.24. The molecule has 0 heterocycles. The number of aliphatic hydroxyl groups is 1. The first kappa shape index (κ1) is 27.2. The summed E-state index contributed by atoms with van der Waals surface area (Å²) in [6.45, 7) is 1.01. The second kappa shape index (κ2) is 14.3. The van der Waals surface area contributed by atoms with Crippen molar-refractivity contribution in [3.63, 3.8) is 0 Å². The molecule has 13 heteroatoms. The molecular formula is C17H32N6O7. The van der Waals surface area contributed by atoms with Crippen LogP contribution in [0.1, 0.15) is 39.0 Å². The molecule has 0 saturated heterocycles. The van der Waals surface area contributed by atoms with Crippen molar-refractivity contribution in [1.29, 1.82) is 0 Å². The summed E-state index contributed by atoms with van der Waals surface area (Å²) < 4.78 is 0. The van der Waals surface area contributed by atoms with Crippen LogP contribution >= 0.6 is 0 Å². The van der Waals surface area contributed by atoms with E-state index in [9.17, 15) is 29.1 Å². The van der Waals surface area contributed by atoms with Gasteiger partial charge in [0.25, 0.3) is 0 Å². The van der Waals surface area contributed by atoms with Crippen molar-refractivity contribution in [3.05, 3.63) is 0 Å². The highest BCUT2D eigenvalue weighted by atomic mass is 16.4. The lowest BCUT2D eigenvalue weighted by Crippen LogP contribution is -2.57. The van der Waals surface area contributed by atoms with Crippen LogP contribution in [0.4, 0.5) is 0 Å². The van der Waals surface area contributed by atoms with E-state index in [1.54, 1.807) is 0 Å². The van der Waals surface area contributed by atoms with Gasteiger partial charge in [0.2, 0.25) is 23.6 Å². The van der Waals surface area contributed by atoms with E-state index in [0.717, 1.165) is 0 Å². The van der Waals surface area contributed by atoms with Crippen molar-refractivity contribution in [2.24, 2.45) is 17.2 Å². The van der Waals surface area contributed by atoms with Crippen molar-refractivity contribution in [2.75, 3.05) is 13.1 Å². The molecule has 0 rings (SSSR count). The van der Waals surface area contributed by atoms with Gasteiger partial charge in [0.15, 0.2) is 0 Å². The fraction of sp³-hybridized carbons (Fsp3) is 0.706. The SMILES string of the molecule is CC(O)C(N)C(=O)NC(CCCCN)C(=O)NC(CCC(N)=O)C(=O)NCC(=O)O. The van der Waals surface area contributed by atoms with E-state index in [2.05, 4.69) is 16.0 Å². The fourth-order valence-corrected chi connectivity index (χ4v) is 2.36. The Hall–Kier alpha value is -2.77. The summed E-state index contributed by atoms with van der Waals surface area (Å²) >= 11 is 0. The summed E-state index contributed by atoms with van der Waals surface area (Å²) in [5.74, 6) is -4.32. The highest BCUT2D eigenvalue weighted by Gasteiger charge is 2.29. The third kappa shape index (κ3) is 11.3. The summed E-state index contributed by atoms with van der Waals surface area (Å²) in [4.78, 5) is 58.7. The number of carboxylic acid groups (broad SMARTS) is 1. The van der Waals surface area contributed by atoms with Gasteiger partial charge in [0.1, 0.15) is 24.7 Å². The van der Waals surface area contributed by atoms with Crippen molar-refractivity contribution < 1.29 is 34.2 Å². The van der Waals surface area contributed by atoms with Crippen LogP contribution in [-0.2, 0) is 24.0 Å². The van der Waals surface area contributed by atoms with Crippen LogP contribution < -0.4 is 33.2 Å². The van der Waals surface area contributed by atoms with Gasteiger partial charge in [-0.25, -0.2) is 0 Å². The lowest BCUT2D eigenvalue weighted by molar-refractivity contribution is -0.138. The molecule has 0 radical (unpaired) electrons.